The van der Waals surface area contributed by atoms with Crippen molar-refractivity contribution in [3.63, 3.8) is 0 Å². The van der Waals surface area contributed by atoms with Gasteiger partial charge in [-0.05, 0) is 37.5 Å². The van der Waals surface area contributed by atoms with E-state index in [9.17, 15) is 14.7 Å². The van der Waals surface area contributed by atoms with Gasteiger partial charge in [0.15, 0.2) is 0 Å². The van der Waals surface area contributed by atoms with E-state index >= 15 is 0 Å². The van der Waals surface area contributed by atoms with Gasteiger partial charge >= 0.3 is 12.0 Å². The third-order valence-corrected chi connectivity index (χ3v) is 4.44. The van der Waals surface area contributed by atoms with Gasteiger partial charge < -0.3 is 24.8 Å². The van der Waals surface area contributed by atoms with Gasteiger partial charge in [0.1, 0.15) is 11.9 Å². The minimum absolute atomic E-state index is 0.118. The molecule has 1 aromatic rings. The molecule has 1 saturated heterocycles. The summed E-state index contributed by atoms with van der Waals surface area (Å²) >= 11 is 6.05. The fourth-order valence-corrected chi connectivity index (χ4v) is 3.25. The van der Waals surface area contributed by atoms with Crippen molar-refractivity contribution in [1.29, 1.82) is 0 Å². The smallest absolute Gasteiger partial charge is 0.321 e. The number of hydrogen-bond acceptors (Lipinski definition) is 4. The van der Waals surface area contributed by atoms with Gasteiger partial charge in [-0.25, -0.2) is 4.79 Å². The van der Waals surface area contributed by atoms with E-state index in [-0.39, 0.29) is 24.6 Å². The van der Waals surface area contributed by atoms with E-state index < -0.39 is 11.9 Å². The highest BCUT2D eigenvalue weighted by Crippen LogP contribution is 2.30. The van der Waals surface area contributed by atoms with Gasteiger partial charge in [-0.3, -0.25) is 4.79 Å². The molecule has 8 heteroatoms. The average Bonchev–Trinajstić information content (AvgIpc) is 2.57. The highest BCUT2D eigenvalue weighted by atomic mass is 35.5. The van der Waals surface area contributed by atoms with Gasteiger partial charge in [-0.15, -0.1) is 0 Å². The zero-order valence-electron chi connectivity index (χ0n) is 15.2. The molecular formula is C18H25ClN2O5. The van der Waals surface area contributed by atoms with Crippen molar-refractivity contribution in [2.75, 3.05) is 32.1 Å². The zero-order valence-corrected chi connectivity index (χ0v) is 16.0. The summed E-state index contributed by atoms with van der Waals surface area (Å²) in [6, 6.07) is 4.60. The molecule has 0 aliphatic carbocycles. The highest BCUT2D eigenvalue weighted by Gasteiger charge is 2.32. The van der Waals surface area contributed by atoms with Crippen LogP contribution in [0.5, 0.6) is 5.75 Å². The fourth-order valence-electron chi connectivity index (χ4n) is 3.08. The molecule has 0 spiro atoms. The first-order valence-corrected chi connectivity index (χ1v) is 8.91. The largest absolute Gasteiger partial charge is 0.486 e. The van der Waals surface area contributed by atoms with Crippen molar-refractivity contribution in [1.82, 2.24) is 4.90 Å². The molecular weight excluding hydrogens is 360 g/mol. The van der Waals surface area contributed by atoms with Crippen LogP contribution >= 0.6 is 11.6 Å². The molecule has 3 unspecified atom stereocenters. The SMILES string of the molecule is COCC(C)Oc1ccc(Cl)cc1NC(=O)N1CC(C)CC(C(=O)O)C1. The average molecular weight is 385 g/mol. The van der Waals surface area contributed by atoms with Crippen LogP contribution in [0.4, 0.5) is 10.5 Å². The maximum Gasteiger partial charge on any atom is 0.321 e. The van der Waals surface area contributed by atoms with E-state index in [4.69, 9.17) is 21.1 Å². The molecule has 0 radical (unpaired) electrons. The summed E-state index contributed by atoms with van der Waals surface area (Å²) in [6.45, 7) is 4.89. The molecule has 144 valence electrons. The van der Waals surface area contributed by atoms with Crippen LogP contribution in [0.15, 0.2) is 18.2 Å². The Hall–Kier alpha value is -1.99. The Labute approximate surface area is 158 Å². The van der Waals surface area contributed by atoms with Crippen molar-refractivity contribution >= 4 is 29.3 Å². The molecule has 1 aromatic carbocycles. The lowest BCUT2D eigenvalue weighted by atomic mass is 9.91. The fraction of sp³-hybridized carbons (Fsp3) is 0.556. The second-order valence-electron chi connectivity index (χ2n) is 6.74. The number of anilines is 1. The first-order chi connectivity index (χ1) is 12.3. The Morgan fingerprint density at radius 3 is 2.81 bits per heavy atom. The van der Waals surface area contributed by atoms with Crippen LogP contribution < -0.4 is 10.1 Å². The lowest BCUT2D eigenvalue weighted by Crippen LogP contribution is -2.47. The number of carbonyl (C=O) groups excluding carboxylic acids is 1. The third kappa shape index (κ3) is 5.51. The normalized spacial score (nSPS) is 21.2. The number of aliphatic carboxylic acids is 1. The standard InChI is InChI=1S/C18H25ClN2O5/c1-11-6-13(17(22)23)9-21(8-11)18(24)20-15-7-14(19)4-5-16(15)26-12(2)10-25-3/h4-5,7,11-13H,6,8-10H2,1-3H3,(H,20,24)(H,22,23). The summed E-state index contributed by atoms with van der Waals surface area (Å²) < 4.78 is 10.9. The second-order valence-corrected chi connectivity index (χ2v) is 7.17. The summed E-state index contributed by atoms with van der Waals surface area (Å²) in [4.78, 5) is 25.5. The molecule has 1 aliphatic rings. The molecule has 0 saturated carbocycles. The lowest BCUT2D eigenvalue weighted by Gasteiger charge is -2.34. The van der Waals surface area contributed by atoms with Gasteiger partial charge in [0.2, 0.25) is 0 Å². The summed E-state index contributed by atoms with van der Waals surface area (Å²) in [7, 11) is 1.58. The number of urea groups is 1. The topological polar surface area (TPSA) is 88.1 Å². The number of piperidine rings is 1. The van der Waals surface area contributed by atoms with Gasteiger partial charge in [-0.1, -0.05) is 18.5 Å². The molecule has 1 heterocycles. The Balaban J connectivity index is 2.12. The van der Waals surface area contributed by atoms with Gasteiger partial charge in [0, 0.05) is 25.2 Å². The van der Waals surface area contributed by atoms with Gasteiger partial charge in [-0.2, -0.15) is 0 Å². The van der Waals surface area contributed by atoms with E-state index in [2.05, 4.69) is 5.32 Å². The number of halogens is 1. The maximum absolute atomic E-state index is 12.7. The van der Waals surface area contributed by atoms with E-state index in [0.717, 1.165) is 0 Å². The first kappa shape index (κ1) is 20.3. The van der Waals surface area contributed by atoms with E-state index in [0.29, 0.717) is 36.0 Å². The molecule has 26 heavy (non-hydrogen) atoms. The number of hydrogen-bond donors (Lipinski definition) is 2. The lowest BCUT2D eigenvalue weighted by molar-refractivity contribution is -0.143. The number of carbonyl (C=O) groups is 2. The van der Waals surface area contributed by atoms with Crippen LogP contribution in [-0.4, -0.2) is 54.9 Å². The van der Waals surface area contributed by atoms with Crippen LogP contribution in [0.2, 0.25) is 5.02 Å². The number of carboxylic acids is 1. The molecule has 7 nitrogen and oxygen atoms in total. The van der Waals surface area contributed by atoms with E-state index in [1.807, 2.05) is 13.8 Å². The molecule has 1 fully saturated rings. The number of nitrogens with zero attached hydrogens (tertiary/aromatic N) is 1. The van der Waals surface area contributed by atoms with Crippen LogP contribution in [0.3, 0.4) is 0 Å². The monoisotopic (exact) mass is 384 g/mol. The maximum atomic E-state index is 12.7. The molecule has 2 amide bonds. The van der Waals surface area contributed by atoms with Crippen LogP contribution in [-0.2, 0) is 9.53 Å². The zero-order chi connectivity index (χ0) is 19.3. The van der Waals surface area contributed by atoms with Crippen molar-refractivity contribution < 1.29 is 24.2 Å². The number of amides is 2. The number of methoxy groups -OCH3 is 1. The predicted molar refractivity (Wildman–Crippen MR) is 98.9 cm³/mol. The minimum Gasteiger partial charge on any atom is -0.486 e. The summed E-state index contributed by atoms with van der Waals surface area (Å²) in [5, 5.41) is 12.5. The molecule has 2 N–H and O–H groups in total. The van der Waals surface area contributed by atoms with Crippen molar-refractivity contribution in [2.45, 2.75) is 26.4 Å². The number of rotatable bonds is 6. The van der Waals surface area contributed by atoms with Crippen LogP contribution in [0.25, 0.3) is 0 Å². The number of nitrogens with one attached hydrogen (secondary N) is 1. The number of likely N-dealkylation sites (tertiary alicyclic amines) is 1. The quantitative estimate of drug-likeness (QED) is 0.785. The Morgan fingerprint density at radius 2 is 2.15 bits per heavy atom. The minimum atomic E-state index is -0.880. The highest BCUT2D eigenvalue weighted by molar-refractivity contribution is 6.31. The van der Waals surface area contributed by atoms with Gasteiger partial charge in [0.05, 0.1) is 18.2 Å². The van der Waals surface area contributed by atoms with E-state index in [1.165, 1.54) is 4.90 Å². The van der Waals surface area contributed by atoms with E-state index in [1.54, 1.807) is 25.3 Å². The molecule has 3 atom stereocenters. The molecule has 1 aliphatic heterocycles. The Kier molecular flexibility index (Phi) is 7.11. The van der Waals surface area contributed by atoms with Crippen molar-refractivity contribution in [3.05, 3.63) is 23.2 Å². The van der Waals surface area contributed by atoms with Crippen LogP contribution in [0, 0.1) is 11.8 Å². The second kappa shape index (κ2) is 9.09. The van der Waals surface area contributed by atoms with Gasteiger partial charge in [0.25, 0.3) is 0 Å². The third-order valence-electron chi connectivity index (χ3n) is 4.21. The van der Waals surface area contributed by atoms with Crippen molar-refractivity contribution in [3.8, 4) is 5.75 Å². The number of carboxylic acid groups (broad SMARTS) is 1. The molecule has 0 aromatic heterocycles. The number of ether oxygens (including phenoxy) is 2. The van der Waals surface area contributed by atoms with Crippen molar-refractivity contribution in [2.24, 2.45) is 11.8 Å². The number of benzene rings is 1. The first-order valence-electron chi connectivity index (χ1n) is 8.54. The molecule has 2 rings (SSSR count). The molecule has 0 bridgehead atoms. The Bertz CT molecular complexity index is 654. The summed E-state index contributed by atoms with van der Waals surface area (Å²) in [6.07, 6.45) is 0.363. The predicted octanol–water partition coefficient (Wildman–Crippen LogP) is 3.33. The van der Waals surface area contributed by atoms with Crippen LogP contribution in [0.1, 0.15) is 20.3 Å². The summed E-state index contributed by atoms with van der Waals surface area (Å²) in [5.41, 5.74) is 0.440. The Morgan fingerprint density at radius 1 is 1.42 bits per heavy atom. The summed E-state index contributed by atoms with van der Waals surface area (Å²) in [5.74, 6) is -0.838.